The highest BCUT2D eigenvalue weighted by Gasteiger charge is 2.11. The van der Waals surface area contributed by atoms with Crippen molar-refractivity contribution in [3.05, 3.63) is 29.6 Å². The maximum atomic E-state index is 13.4. The zero-order valence-electron chi connectivity index (χ0n) is 7.76. The van der Waals surface area contributed by atoms with Crippen molar-refractivity contribution in [1.82, 2.24) is 0 Å². The number of rotatable bonds is 3. The molecule has 0 aliphatic rings. The van der Waals surface area contributed by atoms with Crippen LogP contribution in [0.2, 0.25) is 0 Å². The van der Waals surface area contributed by atoms with Crippen molar-refractivity contribution in [2.45, 2.75) is 25.8 Å². The molecule has 1 unspecified atom stereocenters. The molecule has 1 rings (SSSR count). The third kappa shape index (κ3) is 2.18. The first-order valence-corrected chi connectivity index (χ1v) is 4.46. The lowest BCUT2D eigenvalue weighted by Crippen LogP contribution is -2.12. The van der Waals surface area contributed by atoms with E-state index in [1.54, 1.807) is 12.1 Å². The molecule has 13 heavy (non-hydrogen) atoms. The van der Waals surface area contributed by atoms with Crippen LogP contribution in [0.3, 0.4) is 0 Å². The van der Waals surface area contributed by atoms with Gasteiger partial charge in [-0.25, -0.2) is 4.39 Å². The van der Waals surface area contributed by atoms with Crippen molar-refractivity contribution in [3.8, 4) is 0 Å². The van der Waals surface area contributed by atoms with Gasteiger partial charge >= 0.3 is 0 Å². The van der Waals surface area contributed by atoms with E-state index in [-0.39, 0.29) is 17.5 Å². The van der Waals surface area contributed by atoms with E-state index in [9.17, 15) is 4.39 Å². The minimum Gasteiger partial charge on any atom is -0.396 e. The Labute approximate surface area is 77.7 Å². The number of nitrogen functional groups attached to an aromatic ring is 1. The molecule has 0 spiro atoms. The topological polar surface area (TPSA) is 52.0 Å². The Morgan fingerprint density at radius 1 is 1.46 bits per heavy atom. The molecule has 72 valence electrons. The van der Waals surface area contributed by atoms with Crippen LogP contribution in [0.4, 0.5) is 10.1 Å². The largest absolute Gasteiger partial charge is 0.396 e. The predicted octanol–water partition coefficient (Wildman–Crippen LogP) is 2.21. The Morgan fingerprint density at radius 2 is 2.15 bits per heavy atom. The van der Waals surface area contributed by atoms with Gasteiger partial charge < -0.3 is 11.5 Å². The lowest BCUT2D eigenvalue weighted by molar-refractivity contribution is 0.563. The Bertz CT molecular complexity index is 286. The highest BCUT2D eigenvalue weighted by Crippen LogP contribution is 2.22. The predicted molar refractivity (Wildman–Crippen MR) is 52.6 cm³/mol. The maximum absolute atomic E-state index is 13.4. The highest BCUT2D eigenvalue weighted by molar-refractivity contribution is 5.43. The SMILES string of the molecule is CCCC(N)c1cccc(N)c1F. The fraction of sp³-hybridized carbons (Fsp3) is 0.400. The van der Waals surface area contributed by atoms with Gasteiger partial charge in [0.25, 0.3) is 0 Å². The summed E-state index contributed by atoms with van der Waals surface area (Å²) < 4.78 is 13.4. The number of nitrogens with two attached hydrogens (primary N) is 2. The number of hydrogen-bond acceptors (Lipinski definition) is 2. The molecule has 0 bridgehead atoms. The van der Waals surface area contributed by atoms with Gasteiger partial charge in [0.2, 0.25) is 0 Å². The van der Waals surface area contributed by atoms with Crippen LogP contribution >= 0.6 is 0 Å². The normalized spacial score (nSPS) is 12.8. The number of anilines is 1. The van der Waals surface area contributed by atoms with Crippen LogP contribution in [0, 0.1) is 5.82 Å². The molecule has 0 aromatic heterocycles. The number of benzene rings is 1. The summed E-state index contributed by atoms with van der Waals surface area (Å²) in [5.74, 6) is -0.372. The molecule has 2 nitrogen and oxygen atoms in total. The van der Waals surface area contributed by atoms with Gasteiger partial charge in [-0.3, -0.25) is 0 Å². The highest BCUT2D eigenvalue weighted by atomic mass is 19.1. The second kappa shape index (κ2) is 4.23. The summed E-state index contributed by atoms with van der Waals surface area (Å²) in [6.07, 6.45) is 1.72. The first-order valence-electron chi connectivity index (χ1n) is 4.46. The van der Waals surface area contributed by atoms with Gasteiger partial charge in [0, 0.05) is 11.6 Å². The summed E-state index contributed by atoms with van der Waals surface area (Å²) in [5, 5.41) is 0. The molecule has 0 saturated carbocycles. The van der Waals surface area contributed by atoms with Crippen molar-refractivity contribution in [2.75, 3.05) is 5.73 Å². The van der Waals surface area contributed by atoms with Gasteiger partial charge in [0.1, 0.15) is 0 Å². The number of halogens is 1. The van der Waals surface area contributed by atoms with Gasteiger partial charge in [-0.1, -0.05) is 25.5 Å². The molecule has 4 N–H and O–H groups in total. The zero-order chi connectivity index (χ0) is 9.84. The summed E-state index contributed by atoms with van der Waals surface area (Å²) in [4.78, 5) is 0. The van der Waals surface area contributed by atoms with Crippen molar-refractivity contribution in [3.63, 3.8) is 0 Å². The quantitative estimate of drug-likeness (QED) is 0.704. The standard InChI is InChI=1S/C10H15FN2/c1-2-4-8(12)7-5-3-6-9(13)10(7)11/h3,5-6,8H,2,4,12-13H2,1H3. The Balaban J connectivity index is 2.93. The van der Waals surface area contributed by atoms with Crippen LogP contribution in [-0.4, -0.2) is 0 Å². The van der Waals surface area contributed by atoms with E-state index in [1.165, 1.54) is 6.07 Å². The third-order valence-electron chi connectivity index (χ3n) is 2.06. The molecule has 1 aromatic rings. The monoisotopic (exact) mass is 182 g/mol. The van der Waals surface area contributed by atoms with Gasteiger partial charge in [-0.2, -0.15) is 0 Å². The van der Waals surface area contributed by atoms with Crippen LogP contribution < -0.4 is 11.5 Å². The van der Waals surface area contributed by atoms with E-state index in [0.29, 0.717) is 5.56 Å². The Hall–Kier alpha value is -1.09. The molecule has 1 aromatic carbocycles. The van der Waals surface area contributed by atoms with Gasteiger partial charge in [-0.15, -0.1) is 0 Å². The molecule has 0 radical (unpaired) electrons. The third-order valence-corrected chi connectivity index (χ3v) is 2.06. The molecule has 0 saturated heterocycles. The van der Waals surface area contributed by atoms with E-state index in [1.807, 2.05) is 6.92 Å². The van der Waals surface area contributed by atoms with E-state index >= 15 is 0 Å². The van der Waals surface area contributed by atoms with Gasteiger partial charge in [0.15, 0.2) is 5.82 Å². The minimum atomic E-state index is -0.372. The smallest absolute Gasteiger partial charge is 0.150 e. The first kappa shape index (κ1) is 9.99. The van der Waals surface area contributed by atoms with Crippen molar-refractivity contribution >= 4 is 5.69 Å². The Kier molecular flexibility index (Phi) is 3.25. The fourth-order valence-electron chi connectivity index (χ4n) is 1.32. The fourth-order valence-corrected chi connectivity index (χ4v) is 1.32. The molecule has 1 atom stereocenters. The van der Waals surface area contributed by atoms with Crippen molar-refractivity contribution in [1.29, 1.82) is 0 Å². The summed E-state index contributed by atoms with van der Waals surface area (Å²) in [6, 6.07) is 4.71. The molecular formula is C10H15FN2. The molecule has 3 heteroatoms. The van der Waals surface area contributed by atoms with Gasteiger partial charge in [-0.05, 0) is 12.5 Å². The lowest BCUT2D eigenvalue weighted by Gasteiger charge is -2.12. The second-order valence-corrected chi connectivity index (χ2v) is 3.15. The van der Waals surface area contributed by atoms with Crippen LogP contribution in [0.1, 0.15) is 31.4 Å². The molecule has 0 heterocycles. The zero-order valence-corrected chi connectivity index (χ0v) is 7.76. The van der Waals surface area contributed by atoms with Crippen LogP contribution in [-0.2, 0) is 0 Å². The average Bonchev–Trinajstić information content (AvgIpc) is 2.10. The van der Waals surface area contributed by atoms with E-state index in [0.717, 1.165) is 12.8 Å². The van der Waals surface area contributed by atoms with Crippen LogP contribution in [0.5, 0.6) is 0 Å². The van der Waals surface area contributed by atoms with E-state index < -0.39 is 0 Å². The van der Waals surface area contributed by atoms with Crippen LogP contribution in [0.15, 0.2) is 18.2 Å². The van der Waals surface area contributed by atoms with E-state index in [2.05, 4.69) is 0 Å². The molecule has 0 aliphatic heterocycles. The second-order valence-electron chi connectivity index (χ2n) is 3.15. The van der Waals surface area contributed by atoms with Crippen molar-refractivity contribution < 1.29 is 4.39 Å². The van der Waals surface area contributed by atoms with E-state index in [4.69, 9.17) is 11.5 Å². The summed E-state index contributed by atoms with van der Waals surface area (Å²) in [7, 11) is 0. The van der Waals surface area contributed by atoms with Gasteiger partial charge in [0.05, 0.1) is 5.69 Å². The molecule has 0 fully saturated rings. The first-order chi connectivity index (χ1) is 6.16. The molecular weight excluding hydrogens is 167 g/mol. The molecule has 0 aliphatic carbocycles. The average molecular weight is 182 g/mol. The van der Waals surface area contributed by atoms with Crippen molar-refractivity contribution in [2.24, 2.45) is 5.73 Å². The summed E-state index contributed by atoms with van der Waals surface area (Å²) in [6.45, 7) is 2.02. The summed E-state index contributed by atoms with van der Waals surface area (Å²) in [5.41, 5.74) is 11.9. The lowest BCUT2D eigenvalue weighted by atomic mass is 10.0. The minimum absolute atomic E-state index is 0.170. The number of hydrogen-bond donors (Lipinski definition) is 2. The molecule has 0 amide bonds. The van der Waals surface area contributed by atoms with Crippen LogP contribution in [0.25, 0.3) is 0 Å². The Morgan fingerprint density at radius 3 is 2.77 bits per heavy atom. The maximum Gasteiger partial charge on any atom is 0.150 e. The summed E-state index contributed by atoms with van der Waals surface area (Å²) >= 11 is 0.